The molecule has 0 radical (unpaired) electrons. The van der Waals surface area contributed by atoms with E-state index in [2.05, 4.69) is 0 Å². The van der Waals surface area contributed by atoms with Crippen LogP contribution >= 0.6 is 0 Å². The molecule has 1 N–H and O–H groups in total. The number of hydrogen-bond acceptors (Lipinski definition) is 8. The largest absolute Gasteiger partial charge is 0.493 e. The van der Waals surface area contributed by atoms with Crippen LogP contribution in [0.3, 0.4) is 0 Å². The fourth-order valence-electron chi connectivity index (χ4n) is 3.61. The van der Waals surface area contributed by atoms with E-state index in [-0.39, 0.29) is 13.4 Å². The van der Waals surface area contributed by atoms with Crippen LogP contribution in [0.4, 0.5) is 0 Å². The number of rotatable bonds is 6. The van der Waals surface area contributed by atoms with Gasteiger partial charge < -0.3 is 33.5 Å². The molecule has 0 saturated carbocycles. The molecule has 2 aliphatic rings. The van der Waals surface area contributed by atoms with Crippen LogP contribution in [0, 0.1) is 5.92 Å². The van der Waals surface area contributed by atoms with Crippen molar-refractivity contribution in [2.45, 2.75) is 6.10 Å². The Labute approximate surface area is 173 Å². The molecule has 2 aromatic carbocycles. The fraction of sp³-hybridized carbons (Fsp3) is 0.318. The zero-order valence-corrected chi connectivity index (χ0v) is 16.8. The molecule has 1 saturated heterocycles. The van der Waals surface area contributed by atoms with Crippen molar-refractivity contribution in [1.82, 2.24) is 0 Å². The molecule has 0 unspecified atom stereocenters. The second-order valence-corrected chi connectivity index (χ2v) is 6.82. The van der Waals surface area contributed by atoms with Crippen LogP contribution in [0.15, 0.2) is 35.9 Å². The first-order chi connectivity index (χ1) is 14.5. The summed E-state index contributed by atoms with van der Waals surface area (Å²) < 4.78 is 32.0. The maximum atomic E-state index is 12.4. The zero-order valence-electron chi connectivity index (χ0n) is 16.8. The molecular weight excluding hydrogens is 392 g/mol. The third kappa shape index (κ3) is 3.50. The standard InChI is InChI=1S/C22H22O8/c1-25-18-7-12(8-19(26-2)21(18)27-3)6-14-15(10-28-22(14)24)20(23)13-4-5-16-17(9-13)30-11-29-16/h4-9,15,20,23H,10-11H2,1-3H3/b14-6-/t15-,20+/m1/s1. The van der Waals surface area contributed by atoms with Crippen LogP contribution in [-0.2, 0) is 9.53 Å². The van der Waals surface area contributed by atoms with Gasteiger partial charge in [0.05, 0.1) is 33.4 Å². The highest BCUT2D eigenvalue weighted by Gasteiger charge is 2.37. The molecule has 8 nitrogen and oxygen atoms in total. The number of fused-ring (bicyclic) bond motifs is 1. The Hall–Kier alpha value is -3.39. The van der Waals surface area contributed by atoms with Gasteiger partial charge in [-0.3, -0.25) is 0 Å². The summed E-state index contributed by atoms with van der Waals surface area (Å²) in [5, 5.41) is 11.0. The van der Waals surface area contributed by atoms with Crippen LogP contribution in [0.1, 0.15) is 17.2 Å². The molecule has 2 atom stereocenters. The Morgan fingerprint density at radius 1 is 1.00 bits per heavy atom. The lowest BCUT2D eigenvalue weighted by molar-refractivity contribution is -0.135. The number of aliphatic hydroxyl groups is 1. The third-order valence-corrected chi connectivity index (χ3v) is 5.16. The molecule has 30 heavy (non-hydrogen) atoms. The average molecular weight is 414 g/mol. The van der Waals surface area contributed by atoms with E-state index < -0.39 is 18.0 Å². The highest BCUT2D eigenvalue weighted by atomic mass is 16.7. The van der Waals surface area contributed by atoms with Crippen molar-refractivity contribution in [1.29, 1.82) is 0 Å². The number of carbonyl (C=O) groups is 1. The monoisotopic (exact) mass is 414 g/mol. The van der Waals surface area contributed by atoms with Crippen molar-refractivity contribution < 1.29 is 38.3 Å². The molecule has 8 heteroatoms. The number of aliphatic hydroxyl groups excluding tert-OH is 1. The minimum absolute atomic E-state index is 0.0741. The topological polar surface area (TPSA) is 92.7 Å². The molecule has 2 heterocycles. The Morgan fingerprint density at radius 2 is 1.70 bits per heavy atom. The van der Waals surface area contributed by atoms with Gasteiger partial charge in [-0.1, -0.05) is 6.07 Å². The third-order valence-electron chi connectivity index (χ3n) is 5.16. The van der Waals surface area contributed by atoms with Gasteiger partial charge in [-0.25, -0.2) is 4.79 Å². The molecule has 158 valence electrons. The SMILES string of the molecule is COc1cc(/C=C2\C(=O)OC[C@H]2[C@@H](O)c2ccc3c(c2)OCO3)cc(OC)c1OC. The zero-order chi connectivity index (χ0) is 21.3. The summed E-state index contributed by atoms with van der Waals surface area (Å²) in [5.41, 5.74) is 1.62. The van der Waals surface area contributed by atoms with E-state index in [1.807, 2.05) is 0 Å². The van der Waals surface area contributed by atoms with E-state index in [1.165, 1.54) is 21.3 Å². The minimum atomic E-state index is -0.959. The van der Waals surface area contributed by atoms with Crippen molar-refractivity contribution in [3.05, 3.63) is 47.0 Å². The Kier molecular flexibility index (Phi) is 5.41. The van der Waals surface area contributed by atoms with E-state index >= 15 is 0 Å². The van der Waals surface area contributed by atoms with Gasteiger partial charge >= 0.3 is 5.97 Å². The van der Waals surface area contributed by atoms with Gasteiger partial charge in [0.25, 0.3) is 0 Å². The Balaban J connectivity index is 1.68. The maximum Gasteiger partial charge on any atom is 0.334 e. The predicted octanol–water partition coefficient (Wildman–Crippen LogP) is 2.73. The molecule has 0 bridgehead atoms. The second-order valence-electron chi connectivity index (χ2n) is 6.82. The molecule has 2 aromatic rings. The van der Waals surface area contributed by atoms with Gasteiger partial charge in [0, 0.05) is 5.57 Å². The number of ether oxygens (including phenoxy) is 6. The summed E-state index contributed by atoms with van der Waals surface area (Å²) in [4.78, 5) is 12.4. The molecule has 0 aliphatic carbocycles. The number of hydrogen-bond donors (Lipinski definition) is 1. The fourth-order valence-corrected chi connectivity index (χ4v) is 3.61. The van der Waals surface area contributed by atoms with Crippen molar-refractivity contribution in [3.8, 4) is 28.7 Å². The van der Waals surface area contributed by atoms with Crippen molar-refractivity contribution in [2.24, 2.45) is 5.92 Å². The van der Waals surface area contributed by atoms with Crippen molar-refractivity contribution >= 4 is 12.0 Å². The molecule has 1 fully saturated rings. The lowest BCUT2D eigenvalue weighted by atomic mass is 9.89. The number of esters is 1. The Bertz CT molecular complexity index is 972. The van der Waals surface area contributed by atoms with Crippen LogP contribution in [-0.4, -0.2) is 45.8 Å². The quantitative estimate of drug-likeness (QED) is 0.570. The molecule has 0 aromatic heterocycles. The molecule has 0 spiro atoms. The summed E-state index contributed by atoms with van der Waals surface area (Å²) in [7, 11) is 4.55. The van der Waals surface area contributed by atoms with E-state index in [9.17, 15) is 9.90 Å². The summed E-state index contributed by atoms with van der Waals surface area (Å²) in [6.45, 7) is 0.219. The van der Waals surface area contributed by atoms with Gasteiger partial charge in [0.2, 0.25) is 12.5 Å². The lowest BCUT2D eigenvalue weighted by Crippen LogP contribution is -2.15. The van der Waals surface area contributed by atoms with Gasteiger partial charge in [-0.15, -0.1) is 0 Å². The average Bonchev–Trinajstić information content (AvgIpc) is 3.38. The first-order valence-corrected chi connectivity index (χ1v) is 9.32. The van der Waals surface area contributed by atoms with E-state index in [0.717, 1.165) is 0 Å². The number of benzene rings is 2. The van der Waals surface area contributed by atoms with Crippen LogP contribution in [0.2, 0.25) is 0 Å². The van der Waals surface area contributed by atoms with Crippen LogP contribution < -0.4 is 23.7 Å². The highest BCUT2D eigenvalue weighted by molar-refractivity contribution is 5.96. The summed E-state index contributed by atoms with van der Waals surface area (Å²) >= 11 is 0. The number of carbonyl (C=O) groups excluding carboxylic acids is 1. The Morgan fingerprint density at radius 3 is 2.37 bits per heavy atom. The highest BCUT2D eigenvalue weighted by Crippen LogP contribution is 2.42. The lowest BCUT2D eigenvalue weighted by Gasteiger charge is -2.18. The normalized spacial score (nSPS) is 19.5. The number of cyclic esters (lactones) is 1. The minimum Gasteiger partial charge on any atom is -0.493 e. The maximum absolute atomic E-state index is 12.4. The first-order valence-electron chi connectivity index (χ1n) is 9.32. The van der Waals surface area contributed by atoms with E-state index in [1.54, 1.807) is 36.4 Å². The first kappa shape index (κ1) is 19.9. The summed E-state index contributed by atoms with van der Waals surface area (Å²) in [6, 6.07) is 8.65. The van der Waals surface area contributed by atoms with Gasteiger partial charge in [0.15, 0.2) is 23.0 Å². The van der Waals surface area contributed by atoms with E-state index in [4.69, 9.17) is 28.4 Å². The summed E-state index contributed by atoms with van der Waals surface area (Å²) in [6.07, 6.45) is 0.708. The number of methoxy groups -OCH3 is 3. The molecular formula is C22H22O8. The molecule has 4 rings (SSSR count). The molecule has 2 aliphatic heterocycles. The van der Waals surface area contributed by atoms with Gasteiger partial charge in [0.1, 0.15) is 6.61 Å². The van der Waals surface area contributed by atoms with Gasteiger partial charge in [-0.2, -0.15) is 0 Å². The molecule has 0 amide bonds. The van der Waals surface area contributed by atoms with Crippen molar-refractivity contribution in [2.75, 3.05) is 34.7 Å². The van der Waals surface area contributed by atoms with Crippen LogP contribution in [0.5, 0.6) is 28.7 Å². The van der Waals surface area contributed by atoms with Crippen LogP contribution in [0.25, 0.3) is 6.08 Å². The predicted molar refractivity (Wildman–Crippen MR) is 106 cm³/mol. The van der Waals surface area contributed by atoms with Crippen molar-refractivity contribution in [3.63, 3.8) is 0 Å². The second kappa shape index (κ2) is 8.16. The smallest absolute Gasteiger partial charge is 0.334 e. The summed E-state index contributed by atoms with van der Waals surface area (Å²) in [5.74, 6) is 1.54. The van der Waals surface area contributed by atoms with E-state index in [0.29, 0.717) is 45.4 Å². The van der Waals surface area contributed by atoms with Gasteiger partial charge in [-0.05, 0) is 41.5 Å².